The third-order valence-corrected chi connectivity index (χ3v) is 4.24. The molecule has 1 aromatic heterocycles. The minimum absolute atomic E-state index is 0.136. The lowest BCUT2D eigenvalue weighted by atomic mass is 10.1. The first-order chi connectivity index (χ1) is 12.5. The van der Waals surface area contributed by atoms with Gasteiger partial charge in [0.05, 0.1) is 12.1 Å². The Morgan fingerprint density at radius 2 is 2.04 bits per heavy atom. The zero-order valence-corrected chi connectivity index (χ0v) is 15.1. The number of carbonyl (C=O) groups excluding carboxylic acids is 1. The number of para-hydroxylation sites is 1. The van der Waals surface area contributed by atoms with Crippen molar-refractivity contribution >= 4 is 17.5 Å². The number of rotatable bonds is 6. The van der Waals surface area contributed by atoms with E-state index in [-0.39, 0.29) is 18.1 Å². The fourth-order valence-electron chi connectivity index (χ4n) is 2.61. The molecule has 0 bridgehead atoms. The lowest BCUT2D eigenvalue weighted by molar-refractivity contribution is -0.120. The van der Waals surface area contributed by atoms with Crippen LogP contribution in [-0.4, -0.2) is 22.5 Å². The van der Waals surface area contributed by atoms with Crippen molar-refractivity contribution in [3.63, 3.8) is 0 Å². The number of amides is 1. The molecule has 0 unspecified atom stereocenters. The van der Waals surface area contributed by atoms with Gasteiger partial charge in [0.25, 0.3) is 0 Å². The Kier molecular flexibility index (Phi) is 5.58. The number of aromatic hydroxyl groups is 1. The highest BCUT2D eigenvalue weighted by Gasteiger charge is 2.15. The van der Waals surface area contributed by atoms with E-state index in [1.165, 1.54) is 0 Å². The highest BCUT2D eigenvalue weighted by Crippen LogP contribution is 2.24. The van der Waals surface area contributed by atoms with Gasteiger partial charge >= 0.3 is 0 Å². The van der Waals surface area contributed by atoms with Gasteiger partial charge in [-0.15, -0.1) is 0 Å². The maximum Gasteiger partial charge on any atom is 0.226 e. The van der Waals surface area contributed by atoms with E-state index >= 15 is 0 Å². The highest BCUT2D eigenvalue weighted by atomic mass is 35.5. The van der Waals surface area contributed by atoms with E-state index in [1.54, 1.807) is 31.2 Å². The first-order valence-corrected chi connectivity index (χ1v) is 8.66. The normalized spacial score (nSPS) is 10.7. The lowest BCUT2D eigenvalue weighted by Gasteiger charge is -2.06. The Balaban J connectivity index is 1.58. The number of nitrogens with zero attached hydrogens (tertiary/aromatic N) is 1. The van der Waals surface area contributed by atoms with E-state index in [4.69, 9.17) is 16.0 Å². The molecule has 3 rings (SSSR count). The molecule has 134 valence electrons. The third kappa shape index (κ3) is 4.43. The summed E-state index contributed by atoms with van der Waals surface area (Å²) in [6.45, 7) is 2.22. The molecular weight excluding hydrogens is 352 g/mol. The van der Waals surface area contributed by atoms with Crippen LogP contribution in [0.5, 0.6) is 5.75 Å². The lowest BCUT2D eigenvalue weighted by Crippen LogP contribution is -2.27. The summed E-state index contributed by atoms with van der Waals surface area (Å²) < 4.78 is 5.66. The minimum Gasteiger partial charge on any atom is -0.508 e. The topological polar surface area (TPSA) is 75.4 Å². The Hall–Kier alpha value is -2.79. The summed E-state index contributed by atoms with van der Waals surface area (Å²) in [5.41, 5.74) is 2.17. The van der Waals surface area contributed by atoms with E-state index in [0.717, 1.165) is 11.1 Å². The number of hydrogen-bond donors (Lipinski definition) is 2. The van der Waals surface area contributed by atoms with Gasteiger partial charge < -0.3 is 14.8 Å². The fourth-order valence-corrected chi connectivity index (χ4v) is 2.80. The summed E-state index contributed by atoms with van der Waals surface area (Å²) in [5, 5.41) is 13.2. The van der Waals surface area contributed by atoms with Gasteiger partial charge in [-0.3, -0.25) is 4.79 Å². The molecule has 0 saturated heterocycles. The predicted molar refractivity (Wildman–Crippen MR) is 100 cm³/mol. The van der Waals surface area contributed by atoms with Crippen LogP contribution in [-0.2, 0) is 17.6 Å². The van der Waals surface area contributed by atoms with E-state index in [9.17, 15) is 9.90 Å². The number of aromatic nitrogens is 1. The number of phenols is 1. The predicted octanol–water partition coefficient (Wildman–Crippen LogP) is 3.91. The molecule has 6 heteroatoms. The first-order valence-electron chi connectivity index (χ1n) is 8.29. The summed E-state index contributed by atoms with van der Waals surface area (Å²) in [5.74, 6) is 1.15. The van der Waals surface area contributed by atoms with Crippen LogP contribution in [0.15, 0.2) is 52.9 Å². The molecule has 0 saturated carbocycles. The van der Waals surface area contributed by atoms with E-state index in [1.807, 2.05) is 24.3 Å². The number of oxazole rings is 1. The smallest absolute Gasteiger partial charge is 0.226 e. The molecule has 2 N–H and O–H groups in total. The molecule has 0 spiro atoms. The van der Waals surface area contributed by atoms with Gasteiger partial charge in [0.1, 0.15) is 11.5 Å². The SMILES string of the molecule is Cc1oc(-c2cccc(Cl)c2)nc1CC(=O)NCCc1ccccc1O. The number of phenolic OH excluding ortho intramolecular Hbond substituents is 1. The van der Waals surface area contributed by atoms with Crippen molar-refractivity contribution in [1.29, 1.82) is 0 Å². The molecule has 26 heavy (non-hydrogen) atoms. The van der Waals surface area contributed by atoms with Crippen molar-refractivity contribution in [3.8, 4) is 17.2 Å². The standard InChI is InChI=1S/C20H19ClN2O3/c1-13-17(23-20(26-13)15-6-4-7-16(21)11-15)12-19(25)22-10-9-14-5-2-3-8-18(14)24/h2-8,11,24H,9-10,12H2,1H3,(H,22,25). The molecule has 2 aromatic carbocycles. The maximum absolute atomic E-state index is 12.2. The largest absolute Gasteiger partial charge is 0.508 e. The second kappa shape index (κ2) is 8.06. The van der Waals surface area contributed by atoms with Crippen LogP contribution in [0.1, 0.15) is 17.0 Å². The summed E-state index contributed by atoms with van der Waals surface area (Å²) in [6, 6.07) is 14.3. The quantitative estimate of drug-likeness (QED) is 0.689. The third-order valence-electron chi connectivity index (χ3n) is 4.00. The summed E-state index contributed by atoms with van der Waals surface area (Å²) in [6.07, 6.45) is 0.695. The van der Waals surface area contributed by atoms with Gasteiger partial charge in [-0.1, -0.05) is 35.9 Å². The zero-order chi connectivity index (χ0) is 18.5. The molecule has 0 aliphatic heterocycles. The van der Waals surface area contributed by atoms with Crippen LogP contribution in [0, 0.1) is 6.92 Å². The van der Waals surface area contributed by atoms with Crippen molar-refractivity contribution in [2.45, 2.75) is 19.8 Å². The molecule has 1 amide bonds. The molecule has 0 radical (unpaired) electrons. The highest BCUT2D eigenvalue weighted by molar-refractivity contribution is 6.30. The molecule has 0 aliphatic rings. The van der Waals surface area contributed by atoms with E-state index in [2.05, 4.69) is 10.3 Å². The van der Waals surface area contributed by atoms with Crippen LogP contribution < -0.4 is 5.32 Å². The van der Waals surface area contributed by atoms with E-state index in [0.29, 0.717) is 35.3 Å². The summed E-state index contributed by atoms with van der Waals surface area (Å²) in [4.78, 5) is 16.6. The maximum atomic E-state index is 12.2. The Labute approximate surface area is 156 Å². The van der Waals surface area contributed by atoms with Crippen LogP contribution in [0.2, 0.25) is 5.02 Å². The zero-order valence-electron chi connectivity index (χ0n) is 14.3. The molecule has 0 fully saturated rings. The Morgan fingerprint density at radius 3 is 2.81 bits per heavy atom. The van der Waals surface area contributed by atoms with Crippen molar-refractivity contribution in [2.75, 3.05) is 6.54 Å². The Bertz CT molecular complexity index is 921. The van der Waals surface area contributed by atoms with Crippen molar-refractivity contribution in [1.82, 2.24) is 10.3 Å². The summed E-state index contributed by atoms with van der Waals surface area (Å²) in [7, 11) is 0. The number of hydrogen-bond acceptors (Lipinski definition) is 4. The molecule has 0 atom stereocenters. The molecular formula is C20H19ClN2O3. The van der Waals surface area contributed by atoms with Crippen LogP contribution in [0.3, 0.4) is 0 Å². The first kappa shape index (κ1) is 18.0. The van der Waals surface area contributed by atoms with Gasteiger partial charge in [0.2, 0.25) is 11.8 Å². The van der Waals surface area contributed by atoms with Crippen LogP contribution in [0.4, 0.5) is 0 Å². The number of nitrogens with one attached hydrogen (secondary N) is 1. The number of carbonyl (C=O) groups is 1. The monoisotopic (exact) mass is 370 g/mol. The fraction of sp³-hybridized carbons (Fsp3) is 0.200. The van der Waals surface area contributed by atoms with Gasteiger partial charge in [-0.05, 0) is 43.2 Å². The minimum atomic E-state index is -0.144. The van der Waals surface area contributed by atoms with E-state index < -0.39 is 0 Å². The second-order valence-electron chi connectivity index (χ2n) is 5.94. The number of aryl methyl sites for hydroxylation is 1. The van der Waals surface area contributed by atoms with Gasteiger partial charge in [0.15, 0.2) is 0 Å². The van der Waals surface area contributed by atoms with Gasteiger partial charge in [-0.25, -0.2) is 4.98 Å². The van der Waals surface area contributed by atoms with Crippen LogP contribution >= 0.6 is 11.6 Å². The van der Waals surface area contributed by atoms with Crippen molar-refractivity contribution in [2.24, 2.45) is 0 Å². The van der Waals surface area contributed by atoms with Gasteiger partial charge in [0, 0.05) is 17.1 Å². The molecule has 1 heterocycles. The van der Waals surface area contributed by atoms with Gasteiger partial charge in [-0.2, -0.15) is 0 Å². The number of benzene rings is 2. The van der Waals surface area contributed by atoms with Crippen molar-refractivity contribution in [3.05, 3.63) is 70.6 Å². The average Bonchev–Trinajstić information content (AvgIpc) is 2.97. The Morgan fingerprint density at radius 1 is 1.23 bits per heavy atom. The summed E-state index contributed by atoms with van der Waals surface area (Å²) >= 11 is 5.99. The average molecular weight is 371 g/mol. The van der Waals surface area contributed by atoms with Crippen LogP contribution in [0.25, 0.3) is 11.5 Å². The molecule has 3 aromatic rings. The molecule has 5 nitrogen and oxygen atoms in total. The number of halogens is 1. The van der Waals surface area contributed by atoms with Crippen molar-refractivity contribution < 1.29 is 14.3 Å². The molecule has 0 aliphatic carbocycles. The second-order valence-corrected chi connectivity index (χ2v) is 6.37.